The Kier molecular flexibility index (Phi) is 4.60. The van der Waals surface area contributed by atoms with Crippen molar-refractivity contribution in [2.24, 2.45) is 0 Å². The summed E-state index contributed by atoms with van der Waals surface area (Å²) in [5.74, 6) is 0.962. The molecule has 0 atom stereocenters. The van der Waals surface area contributed by atoms with Crippen LogP contribution >= 0.6 is 12.6 Å². The number of hydrogen-bond acceptors (Lipinski definition) is 6. The second kappa shape index (κ2) is 7.36. The summed E-state index contributed by atoms with van der Waals surface area (Å²) >= 11 is 4.27. The van der Waals surface area contributed by atoms with Crippen LogP contribution in [0.15, 0.2) is 82.9 Å². The van der Waals surface area contributed by atoms with Crippen molar-refractivity contribution in [3.05, 3.63) is 79.1 Å². The molecule has 0 unspecified atom stereocenters. The Bertz CT molecular complexity index is 1120. The van der Waals surface area contributed by atoms with Crippen molar-refractivity contribution >= 4 is 12.6 Å². The molecule has 0 aliphatic rings. The number of pyridine rings is 2. The number of rotatable bonds is 4. The van der Waals surface area contributed by atoms with E-state index in [1.54, 1.807) is 49.3 Å². The van der Waals surface area contributed by atoms with E-state index in [9.17, 15) is 5.26 Å². The molecule has 0 spiro atoms. The van der Waals surface area contributed by atoms with E-state index in [-0.39, 0.29) is 0 Å². The van der Waals surface area contributed by atoms with Gasteiger partial charge in [-0.2, -0.15) is 5.26 Å². The van der Waals surface area contributed by atoms with Gasteiger partial charge in [0.25, 0.3) is 0 Å². The van der Waals surface area contributed by atoms with Gasteiger partial charge in [-0.25, -0.2) is 0 Å². The molecule has 4 aromatic rings. The van der Waals surface area contributed by atoms with Crippen molar-refractivity contribution in [2.75, 3.05) is 0 Å². The number of benzene rings is 1. The second-order valence-electron chi connectivity index (χ2n) is 5.71. The Labute approximate surface area is 161 Å². The minimum atomic E-state index is 0.400. The molecular formula is C21H13N3O2S. The number of ether oxygens (including phenoxy) is 1. The standard InChI is InChI=1S/C21H13N3O2S/c22-10-16-8-17(27)3-4-20(16)26-21-12-24-19(14-2-1-6-23-11-14)9-18(21)15-5-7-25-13-15/h1-9,11-13,27H. The van der Waals surface area contributed by atoms with E-state index in [1.807, 2.05) is 24.3 Å². The fourth-order valence-corrected chi connectivity index (χ4v) is 2.86. The van der Waals surface area contributed by atoms with Crippen LogP contribution in [0.3, 0.4) is 0 Å². The van der Waals surface area contributed by atoms with Crippen molar-refractivity contribution in [2.45, 2.75) is 4.90 Å². The van der Waals surface area contributed by atoms with Gasteiger partial charge in [0.1, 0.15) is 11.8 Å². The molecule has 5 nitrogen and oxygen atoms in total. The molecule has 0 aliphatic carbocycles. The Balaban J connectivity index is 1.80. The zero-order valence-electron chi connectivity index (χ0n) is 14.0. The van der Waals surface area contributed by atoms with Gasteiger partial charge in [-0.15, -0.1) is 12.6 Å². The van der Waals surface area contributed by atoms with Crippen LogP contribution < -0.4 is 4.74 Å². The summed E-state index contributed by atoms with van der Waals surface area (Å²) in [5, 5.41) is 9.37. The zero-order valence-corrected chi connectivity index (χ0v) is 14.9. The van der Waals surface area contributed by atoms with E-state index in [0.717, 1.165) is 22.4 Å². The number of thiol groups is 1. The zero-order chi connectivity index (χ0) is 18.6. The number of hydrogen-bond donors (Lipinski definition) is 1. The van der Waals surface area contributed by atoms with Gasteiger partial charge in [-0.05, 0) is 42.5 Å². The summed E-state index contributed by atoms with van der Waals surface area (Å²) in [6.45, 7) is 0. The Morgan fingerprint density at radius 1 is 1.04 bits per heavy atom. The number of furan rings is 1. The van der Waals surface area contributed by atoms with Crippen LogP contribution in [0.25, 0.3) is 22.4 Å². The van der Waals surface area contributed by atoms with Crippen molar-refractivity contribution in [3.63, 3.8) is 0 Å². The maximum Gasteiger partial charge on any atom is 0.153 e. The normalized spacial score (nSPS) is 10.4. The van der Waals surface area contributed by atoms with Gasteiger partial charge in [-0.3, -0.25) is 9.97 Å². The molecule has 0 aliphatic heterocycles. The quantitative estimate of drug-likeness (QED) is 0.489. The first kappa shape index (κ1) is 16.9. The molecule has 3 aromatic heterocycles. The van der Waals surface area contributed by atoms with Gasteiger partial charge < -0.3 is 9.15 Å². The molecule has 1 aromatic carbocycles. The van der Waals surface area contributed by atoms with Crippen molar-refractivity contribution in [1.82, 2.24) is 9.97 Å². The first-order valence-corrected chi connectivity index (χ1v) is 8.53. The van der Waals surface area contributed by atoms with Crippen LogP contribution in [0.2, 0.25) is 0 Å². The first-order valence-electron chi connectivity index (χ1n) is 8.08. The molecular weight excluding hydrogens is 358 g/mol. The lowest BCUT2D eigenvalue weighted by atomic mass is 10.1. The number of nitriles is 1. The maximum absolute atomic E-state index is 9.37. The van der Waals surface area contributed by atoms with E-state index < -0.39 is 0 Å². The average molecular weight is 371 g/mol. The number of nitrogens with zero attached hydrogens (tertiary/aromatic N) is 3. The van der Waals surface area contributed by atoms with Gasteiger partial charge in [-0.1, -0.05) is 0 Å². The van der Waals surface area contributed by atoms with Crippen LogP contribution in [-0.4, -0.2) is 9.97 Å². The van der Waals surface area contributed by atoms with Gasteiger partial charge in [0.15, 0.2) is 5.75 Å². The lowest BCUT2D eigenvalue weighted by Crippen LogP contribution is -1.94. The van der Waals surface area contributed by atoms with Crippen molar-refractivity contribution in [3.8, 4) is 40.0 Å². The summed E-state index contributed by atoms with van der Waals surface area (Å²) in [6.07, 6.45) is 8.34. The molecule has 0 saturated heterocycles. The SMILES string of the molecule is N#Cc1cc(S)ccc1Oc1cnc(-c2cccnc2)cc1-c1ccoc1. The summed E-state index contributed by atoms with van der Waals surface area (Å²) < 4.78 is 11.3. The average Bonchev–Trinajstić information content (AvgIpc) is 3.25. The largest absolute Gasteiger partial charge is 0.472 e. The summed E-state index contributed by atoms with van der Waals surface area (Å²) in [7, 11) is 0. The molecule has 6 heteroatoms. The molecule has 0 bridgehead atoms. The lowest BCUT2D eigenvalue weighted by molar-refractivity contribution is 0.480. The number of aromatic nitrogens is 2. The molecule has 0 saturated carbocycles. The molecule has 130 valence electrons. The molecule has 0 amide bonds. The van der Waals surface area contributed by atoms with Crippen LogP contribution in [0, 0.1) is 11.3 Å². The fraction of sp³-hybridized carbons (Fsp3) is 0. The highest BCUT2D eigenvalue weighted by molar-refractivity contribution is 7.80. The monoisotopic (exact) mass is 371 g/mol. The van der Waals surface area contributed by atoms with E-state index >= 15 is 0 Å². The van der Waals surface area contributed by atoms with Gasteiger partial charge in [0.05, 0.1) is 30.0 Å². The molecule has 4 rings (SSSR count). The third-order valence-electron chi connectivity index (χ3n) is 3.96. The molecule has 27 heavy (non-hydrogen) atoms. The van der Waals surface area contributed by atoms with E-state index in [1.165, 1.54) is 0 Å². The van der Waals surface area contributed by atoms with Gasteiger partial charge in [0, 0.05) is 34.0 Å². The minimum absolute atomic E-state index is 0.400. The lowest BCUT2D eigenvalue weighted by Gasteiger charge is -2.13. The Hall–Kier alpha value is -3.56. The third kappa shape index (κ3) is 3.54. The minimum Gasteiger partial charge on any atom is -0.472 e. The highest BCUT2D eigenvalue weighted by Crippen LogP contribution is 2.36. The van der Waals surface area contributed by atoms with Gasteiger partial charge in [0.2, 0.25) is 0 Å². The fourth-order valence-electron chi connectivity index (χ4n) is 2.65. The van der Waals surface area contributed by atoms with E-state index in [4.69, 9.17) is 9.15 Å². The second-order valence-corrected chi connectivity index (χ2v) is 6.23. The Morgan fingerprint density at radius 2 is 1.96 bits per heavy atom. The van der Waals surface area contributed by atoms with E-state index in [2.05, 4.69) is 28.7 Å². The Morgan fingerprint density at radius 3 is 2.70 bits per heavy atom. The summed E-state index contributed by atoms with van der Waals surface area (Å²) in [6, 6.07) is 14.8. The van der Waals surface area contributed by atoms with Gasteiger partial charge >= 0.3 is 0 Å². The molecule has 0 N–H and O–H groups in total. The predicted octanol–water partition coefficient (Wildman–Crippen LogP) is 5.36. The first-order chi connectivity index (χ1) is 13.2. The van der Waals surface area contributed by atoms with E-state index in [0.29, 0.717) is 22.0 Å². The van der Waals surface area contributed by atoms with Crippen LogP contribution in [0.5, 0.6) is 11.5 Å². The van der Waals surface area contributed by atoms with Crippen molar-refractivity contribution < 1.29 is 9.15 Å². The summed E-state index contributed by atoms with van der Waals surface area (Å²) in [5.41, 5.74) is 3.71. The van der Waals surface area contributed by atoms with Crippen molar-refractivity contribution in [1.29, 1.82) is 5.26 Å². The summed E-state index contributed by atoms with van der Waals surface area (Å²) in [4.78, 5) is 9.33. The van der Waals surface area contributed by atoms with Crippen LogP contribution in [0.4, 0.5) is 0 Å². The highest BCUT2D eigenvalue weighted by Gasteiger charge is 2.14. The third-order valence-corrected chi connectivity index (χ3v) is 4.24. The van der Waals surface area contributed by atoms with Crippen LogP contribution in [0.1, 0.15) is 5.56 Å². The highest BCUT2D eigenvalue weighted by atomic mass is 32.1. The van der Waals surface area contributed by atoms with Crippen LogP contribution in [-0.2, 0) is 0 Å². The predicted molar refractivity (Wildman–Crippen MR) is 104 cm³/mol. The molecule has 0 radical (unpaired) electrons. The topological polar surface area (TPSA) is 71.9 Å². The molecule has 3 heterocycles. The molecule has 0 fully saturated rings. The smallest absolute Gasteiger partial charge is 0.153 e. The maximum atomic E-state index is 9.37.